The van der Waals surface area contributed by atoms with Gasteiger partial charge in [-0.3, -0.25) is 9.48 Å². The molecule has 1 fully saturated rings. The lowest BCUT2D eigenvalue weighted by Gasteiger charge is -2.10. The molecule has 0 spiro atoms. The molecular formula is C11H16N2O3S. The molecule has 5 nitrogen and oxygen atoms in total. The van der Waals surface area contributed by atoms with Gasteiger partial charge in [-0.15, -0.1) is 0 Å². The minimum atomic E-state index is -3.37. The lowest BCUT2D eigenvalue weighted by atomic mass is 10.2. The van der Waals surface area contributed by atoms with Crippen LogP contribution in [0, 0.1) is 5.92 Å². The highest BCUT2D eigenvalue weighted by molar-refractivity contribution is 7.92. The van der Waals surface area contributed by atoms with Gasteiger partial charge in [-0.1, -0.05) is 13.8 Å². The van der Waals surface area contributed by atoms with Crippen LogP contribution < -0.4 is 0 Å². The third kappa shape index (κ3) is 2.26. The first kappa shape index (κ1) is 12.3. The smallest absolute Gasteiger partial charge is 0.198 e. The molecule has 0 radical (unpaired) electrons. The van der Waals surface area contributed by atoms with Crippen molar-refractivity contribution >= 4 is 16.1 Å². The summed E-state index contributed by atoms with van der Waals surface area (Å²) in [5, 5.41) is 3.79. The van der Waals surface area contributed by atoms with Crippen molar-refractivity contribution in [2.75, 3.05) is 0 Å². The van der Waals surface area contributed by atoms with Crippen molar-refractivity contribution in [3.05, 3.63) is 11.8 Å². The highest BCUT2D eigenvalue weighted by atomic mass is 32.2. The first-order valence-corrected chi connectivity index (χ1v) is 7.26. The van der Waals surface area contributed by atoms with Crippen LogP contribution in [-0.4, -0.2) is 29.7 Å². The van der Waals surface area contributed by atoms with Crippen molar-refractivity contribution in [2.24, 2.45) is 5.92 Å². The summed E-state index contributed by atoms with van der Waals surface area (Å²) >= 11 is 0. The third-order valence-corrected chi connectivity index (χ3v) is 5.05. The molecule has 0 saturated heterocycles. The van der Waals surface area contributed by atoms with Crippen molar-refractivity contribution < 1.29 is 13.2 Å². The largest absolute Gasteiger partial charge is 0.298 e. The average molecular weight is 256 g/mol. The fourth-order valence-corrected chi connectivity index (χ4v) is 3.71. The predicted molar refractivity (Wildman–Crippen MR) is 62.7 cm³/mol. The molecule has 0 unspecified atom stereocenters. The van der Waals surface area contributed by atoms with E-state index < -0.39 is 9.84 Å². The zero-order valence-electron chi connectivity index (χ0n) is 9.96. The number of nitrogens with zero attached hydrogens (tertiary/aromatic N) is 2. The highest BCUT2D eigenvalue weighted by Gasteiger charge is 2.40. The van der Waals surface area contributed by atoms with Gasteiger partial charge in [0, 0.05) is 6.54 Å². The second kappa shape index (κ2) is 4.25. The van der Waals surface area contributed by atoms with Gasteiger partial charge in [0.25, 0.3) is 0 Å². The van der Waals surface area contributed by atoms with E-state index in [2.05, 4.69) is 5.10 Å². The van der Waals surface area contributed by atoms with Crippen LogP contribution in [0.2, 0.25) is 0 Å². The summed E-state index contributed by atoms with van der Waals surface area (Å²) in [4.78, 5) is 10.9. The number of hydrogen-bond acceptors (Lipinski definition) is 4. The SMILES string of the molecule is CC(C)Cn1ncc(C=O)c1S(=O)(=O)C1CC1. The number of hydrogen-bond donors (Lipinski definition) is 0. The molecule has 2 rings (SSSR count). The molecule has 1 aromatic heterocycles. The molecular weight excluding hydrogens is 240 g/mol. The van der Waals surface area contributed by atoms with Gasteiger partial charge in [-0.2, -0.15) is 5.10 Å². The van der Waals surface area contributed by atoms with Crippen LogP contribution in [0.4, 0.5) is 0 Å². The van der Waals surface area contributed by atoms with E-state index in [9.17, 15) is 13.2 Å². The molecule has 6 heteroatoms. The van der Waals surface area contributed by atoms with Crippen LogP contribution in [-0.2, 0) is 16.4 Å². The van der Waals surface area contributed by atoms with Crippen molar-refractivity contribution in [3.8, 4) is 0 Å². The molecule has 0 bridgehead atoms. The topological polar surface area (TPSA) is 69.0 Å². The maximum atomic E-state index is 12.2. The number of rotatable bonds is 5. The molecule has 1 aliphatic carbocycles. The number of aromatic nitrogens is 2. The van der Waals surface area contributed by atoms with Gasteiger partial charge in [-0.05, 0) is 18.8 Å². The molecule has 94 valence electrons. The van der Waals surface area contributed by atoms with E-state index in [0.29, 0.717) is 25.7 Å². The van der Waals surface area contributed by atoms with Gasteiger partial charge in [-0.25, -0.2) is 8.42 Å². The maximum Gasteiger partial charge on any atom is 0.198 e. The minimum absolute atomic E-state index is 0.101. The van der Waals surface area contributed by atoms with Gasteiger partial charge in [0.05, 0.1) is 17.0 Å². The Morgan fingerprint density at radius 2 is 2.18 bits per heavy atom. The first-order chi connectivity index (χ1) is 7.96. The third-order valence-electron chi connectivity index (χ3n) is 2.72. The maximum absolute atomic E-state index is 12.2. The Morgan fingerprint density at radius 1 is 1.53 bits per heavy atom. The molecule has 17 heavy (non-hydrogen) atoms. The van der Waals surface area contributed by atoms with E-state index in [1.807, 2.05) is 13.8 Å². The average Bonchev–Trinajstić information content (AvgIpc) is 3.00. The standard InChI is InChI=1S/C11H16N2O3S/c1-8(2)6-13-11(9(7-14)5-12-13)17(15,16)10-3-4-10/h5,7-8,10H,3-4,6H2,1-2H3. The second-order valence-electron chi connectivity index (χ2n) is 4.84. The van der Waals surface area contributed by atoms with E-state index >= 15 is 0 Å². The number of aldehydes is 1. The van der Waals surface area contributed by atoms with Crippen LogP contribution in [0.3, 0.4) is 0 Å². The molecule has 0 amide bonds. The minimum Gasteiger partial charge on any atom is -0.298 e. The highest BCUT2D eigenvalue weighted by Crippen LogP contribution is 2.34. The van der Waals surface area contributed by atoms with Gasteiger partial charge in [0.15, 0.2) is 21.1 Å². The summed E-state index contributed by atoms with van der Waals surface area (Å²) in [6, 6.07) is 0. The first-order valence-electron chi connectivity index (χ1n) is 5.71. The van der Waals surface area contributed by atoms with Gasteiger partial charge in [0.2, 0.25) is 0 Å². The summed E-state index contributed by atoms with van der Waals surface area (Å²) in [6.07, 6.45) is 3.28. The predicted octanol–water partition coefficient (Wildman–Crippen LogP) is 1.29. The molecule has 0 atom stereocenters. The Balaban J connectivity index is 2.49. The molecule has 1 saturated carbocycles. The van der Waals surface area contributed by atoms with E-state index in [0.717, 1.165) is 0 Å². The normalized spacial score (nSPS) is 16.4. The summed E-state index contributed by atoms with van der Waals surface area (Å²) in [5.74, 6) is 0.280. The Kier molecular flexibility index (Phi) is 3.07. The van der Waals surface area contributed by atoms with Crippen molar-refractivity contribution in [2.45, 2.75) is 43.5 Å². The molecule has 0 aromatic carbocycles. The number of carbonyl (C=O) groups is 1. The molecule has 0 aliphatic heterocycles. The van der Waals surface area contributed by atoms with Gasteiger partial charge < -0.3 is 0 Å². The lowest BCUT2D eigenvalue weighted by Crippen LogP contribution is -2.18. The molecule has 1 aromatic rings. The summed E-state index contributed by atoms with van der Waals surface area (Å²) < 4.78 is 25.9. The van der Waals surface area contributed by atoms with E-state index in [1.165, 1.54) is 10.9 Å². The lowest BCUT2D eigenvalue weighted by molar-refractivity contribution is 0.112. The van der Waals surface area contributed by atoms with Crippen molar-refractivity contribution in [3.63, 3.8) is 0 Å². The van der Waals surface area contributed by atoms with Crippen LogP contribution >= 0.6 is 0 Å². The van der Waals surface area contributed by atoms with Crippen molar-refractivity contribution in [1.82, 2.24) is 9.78 Å². The number of sulfone groups is 1. The van der Waals surface area contributed by atoms with E-state index in [4.69, 9.17) is 0 Å². The van der Waals surface area contributed by atoms with Crippen LogP contribution in [0.25, 0.3) is 0 Å². The van der Waals surface area contributed by atoms with Gasteiger partial charge in [0.1, 0.15) is 0 Å². The number of carbonyl (C=O) groups excluding carboxylic acids is 1. The fourth-order valence-electron chi connectivity index (χ4n) is 1.79. The van der Waals surface area contributed by atoms with Crippen molar-refractivity contribution in [1.29, 1.82) is 0 Å². The van der Waals surface area contributed by atoms with E-state index in [-0.39, 0.29) is 21.8 Å². The van der Waals surface area contributed by atoms with Gasteiger partial charge >= 0.3 is 0 Å². The monoisotopic (exact) mass is 256 g/mol. The molecule has 1 aliphatic rings. The Hall–Kier alpha value is -1.17. The summed E-state index contributed by atoms with van der Waals surface area (Å²) in [5.41, 5.74) is 0.178. The molecule has 0 N–H and O–H groups in total. The fraction of sp³-hybridized carbons (Fsp3) is 0.636. The molecule has 1 heterocycles. The van der Waals surface area contributed by atoms with Crippen LogP contribution in [0.5, 0.6) is 0 Å². The van der Waals surface area contributed by atoms with Crippen LogP contribution in [0.1, 0.15) is 37.0 Å². The summed E-state index contributed by atoms with van der Waals surface area (Å²) in [7, 11) is -3.37. The van der Waals surface area contributed by atoms with E-state index in [1.54, 1.807) is 0 Å². The Morgan fingerprint density at radius 3 is 2.65 bits per heavy atom. The Labute approximate surface area is 101 Å². The van der Waals surface area contributed by atoms with Crippen LogP contribution in [0.15, 0.2) is 11.2 Å². The second-order valence-corrected chi connectivity index (χ2v) is 6.99. The zero-order chi connectivity index (χ0) is 12.6. The quantitative estimate of drug-likeness (QED) is 0.744. The summed E-state index contributed by atoms with van der Waals surface area (Å²) in [6.45, 7) is 4.47. The Bertz CT molecular complexity index is 527. The zero-order valence-corrected chi connectivity index (χ0v) is 10.8.